The van der Waals surface area contributed by atoms with Crippen molar-refractivity contribution >= 4 is 17.3 Å². The molecule has 0 unspecified atom stereocenters. The molecule has 1 rings (SSSR count). The van der Waals surface area contributed by atoms with E-state index in [1.54, 1.807) is 0 Å². The Balaban J connectivity index is 2.76. The molecule has 8 nitrogen and oxygen atoms in total. The molecule has 19 heavy (non-hydrogen) atoms. The van der Waals surface area contributed by atoms with Crippen LogP contribution < -0.4 is 10.6 Å². The minimum atomic E-state index is -0.496. The zero-order chi connectivity index (χ0) is 14.3. The molecule has 0 radical (unpaired) electrons. The molecule has 8 heteroatoms. The summed E-state index contributed by atoms with van der Waals surface area (Å²) in [6, 6.07) is 0. The number of nitrogens with one attached hydrogen (secondary N) is 2. The molecule has 2 N–H and O–H groups in total. The molecule has 0 spiro atoms. The van der Waals surface area contributed by atoms with Gasteiger partial charge in [0.15, 0.2) is 0 Å². The standard InChI is InChI=1S/C11H19N5O3/c1-4-12-10-9(16(17)18)11(15-7-14-10)13-5-6-19-8(2)3/h7-8H,4-6H2,1-3H3,(H2,12,13,14,15). The normalized spacial score (nSPS) is 10.5. The molecule has 1 aromatic rings. The summed E-state index contributed by atoms with van der Waals surface area (Å²) in [5.74, 6) is 0.415. The van der Waals surface area contributed by atoms with Gasteiger partial charge in [0.25, 0.3) is 0 Å². The molecule has 0 saturated carbocycles. The predicted octanol–water partition coefficient (Wildman–Crippen LogP) is 1.65. The van der Waals surface area contributed by atoms with Gasteiger partial charge in [0.05, 0.1) is 17.6 Å². The number of nitrogens with zero attached hydrogens (tertiary/aromatic N) is 3. The molecule has 1 heterocycles. The van der Waals surface area contributed by atoms with Gasteiger partial charge >= 0.3 is 5.69 Å². The maximum Gasteiger partial charge on any atom is 0.353 e. The Morgan fingerprint density at radius 3 is 2.53 bits per heavy atom. The third-order valence-corrected chi connectivity index (χ3v) is 2.19. The molecule has 0 aliphatic carbocycles. The highest BCUT2D eigenvalue weighted by Gasteiger charge is 2.22. The quantitative estimate of drug-likeness (QED) is 0.420. The van der Waals surface area contributed by atoms with Gasteiger partial charge in [0.2, 0.25) is 11.6 Å². The lowest BCUT2D eigenvalue weighted by Crippen LogP contribution is -2.15. The Bertz CT molecular complexity index is 425. The van der Waals surface area contributed by atoms with E-state index in [9.17, 15) is 10.1 Å². The van der Waals surface area contributed by atoms with Crippen molar-refractivity contribution in [2.24, 2.45) is 0 Å². The van der Waals surface area contributed by atoms with Crippen molar-refractivity contribution in [3.63, 3.8) is 0 Å². The van der Waals surface area contributed by atoms with Crippen LogP contribution in [0.2, 0.25) is 0 Å². The second kappa shape index (κ2) is 7.47. The summed E-state index contributed by atoms with van der Waals surface area (Å²) in [5, 5.41) is 16.8. The Morgan fingerprint density at radius 2 is 2.00 bits per heavy atom. The molecular weight excluding hydrogens is 250 g/mol. The Morgan fingerprint density at radius 1 is 1.37 bits per heavy atom. The Hall–Kier alpha value is -1.96. The van der Waals surface area contributed by atoms with Gasteiger partial charge in [0.1, 0.15) is 6.33 Å². The first kappa shape index (κ1) is 15.1. The summed E-state index contributed by atoms with van der Waals surface area (Å²) < 4.78 is 5.35. The van der Waals surface area contributed by atoms with Crippen LogP contribution in [0.5, 0.6) is 0 Å². The first-order chi connectivity index (χ1) is 9.06. The molecule has 0 aliphatic heterocycles. The van der Waals surface area contributed by atoms with Crippen molar-refractivity contribution < 1.29 is 9.66 Å². The van der Waals surface area contributed by atoms with Crippen LogP contribution in [0, 0.1) is 10.1 Å². The van der Waals surface area contributed by atoms with Crippen LogP contribution in [-0.2, 0) is 4.74 Å². The first-order valence-electron chi connectivity index (χ1n) is 6.15. The zero-order valence-electron chi connectivity index (χ0n) is 11.3. The number of rotatable bonds is 8. The van der Waals surface area contributed by atoms with Crippen LogP contribution >= 0.6 is 0 Å². The van der Waals surface area contributed by atoms with Crippen molar-refractivity contribution in [2.75, 3.05) is 30.3 Å². The highest BCUT2D eigenvalue weighted by atomic mass is 16.6. The first-order valence-corrected chi connectivity index (χ1v) is 6.15. The van der Waals surface area contributed by atoms with E-state index in [1.165, 1.54) is 6.33 Å². The Kier molecular flexibility index (Phi) is 5.94. The van der Waals surface area contributed by atoms with E-state index < -0.39 is 4.92 Å². The van der Waals surface area contributed by atoms with E-state index in [-0.39, 0.29) is 23.4 Å². The highest BCUT2D eigenvalue weighted by molar-refractivity contribution is 5.69. The summed E-state index contributed by atoms with van der Waals surface area (Å²) in [6.45, 7) is 7.15. The summed E-state index contributed by atoms with van der Waals surface area (Å²) in [7, 11) is 0. The van der Waals surface area contributed by atoms with Crippen molar-refractivity contribution in [3.05, 3.63) is 16.4 Å². The maximum atomic E-state index is 11.1. The van der Waals surface area contributed by atoms with Crippen molar-refractivity contribution in [2.45, 2.75) is 26.9 Å². The van der Waals surface area contributed by atoms with Crippen molar-refractivity contribution in [3.8, 4) is 0 Å². The molecule has 0 saturated heterocycles. The smallest absolute Gasteiger partial charge is 0.353 e. The molecule has 0 amide bonds. The van der Waals surface area contributed by atoms with E-state index in [2.05, 4.69) is 20.6 Å². The fraction of sp³-hybridized carbons (Fsp3) is 0.636. The lowest BCUT2D eigenvalue weighted by Gasteiger charge is -2.10. The van der Waals surface area contributed by atoms with E-state index >= 15 is 0 Å². The monoisotopic (exact) mass is 269 g/mol. The summed E-state index contributed by atoms with van der Waals surface area (Å²) in [5.41, 5.74) is -0.145. The van der Waals surface area contributed by atoms with Crippen LogP contribution in [0.3, 0.4) is 0 Å². The number of anilines is 2. The van der Waals surface area contributed by atoms with E-state index in [4.69, 9.17) is 4.74 Å². The molecule has 0 atom stereocenters. The van der Waals surface area contributed by atoms with Crippen LogP contribution in [0.25, 0.3) is 0 Å². The molecule has 0 aromatic carbocycles. The third kappa shape index (κ3) is 4.66. The topological polar surface area (TPSA) is 102 Å². The van der Waals surface area contributed by atoms with Crippen molar-refractivity contribution in [1.82, 2.24) is 9.97 Å². The fourth-order valence-electron chi connectivity index (χ4n) is 1.44. The number of nitro groups is 1. The number of hydrogen-bond acceptors (Lipinski definition) is 7. The minimum Gasteiger partial charge on any atom is -0.377 e. The largest absolute Gasteiger partial charge is 0.377 e. The summed E-state index contributed by atoms with van der Waals surface area (Å²) >= 11 is 0. The molecule has 0 bridgehead atoms. The number of aromatic nitrogens is 2. The Labute approximate surface area is 111 Å². The van der Waals surface area contributed by atoms with Gasteiger partial charge in [-0.3, -0.25) is 10.1 Å². The van der Waals surface area contributed by atoms with E-state index in [0.29, 0.717) is 19.7 Å². The van der Waals surface area contributed by atoms with Crippen LogP contribution in [0.15, 0.2) is 6.33 Å². The van der Waals surface area contributed by atoms with Crippen LogP contribution in [0.4, 0.5) is 17.3 Å². The average molecular weight is 269 g/mol. The van der Waals surface area contributed by atoms with Gasteiger partial charge in [-0.15, -0.1) is 0 Å². The molecule has 0 aliphatic rings. The molecule has 0 fully saturated rings. The van der Waals surface area contributed by atoms with Gasteiger partial charge in [-0.1, -0.05) is 0 Å². The highest BCUT2D eigenvalue weighted by Crippen LogP contribution is 2.28. The summed E-state index contributed by atoms with van der Waals surface area (Å²) in [4.78, 5) is 18.3. The van der Waals surface area contributed by atoms with Crippen molar-refractivity contribution in [1.29, 1.82) is 0 Å². The van der Waals surface area contributed by atoms with Crippen LogP contribution in [0.1, 0.15) is 20.8 Å². The van der Waals surface area contributed by atoms with Gasteiger partial charge in [-0.2, -0.15) is 0 Å². The second-order valence-electron chi connectivity index (χ2n) is 4.05. The maximum absolute atomic E-state index is 11.1. The molecule has 106 valence electrons. The lowest BCUT2D eigenvalue weighted by atomic mass is 10.4. The third-order valence-electron chi connectivity index (χ3n) is 2.19. The second-order valence-corrected chi connectivity index (χ2v) is 4.05. The number of ether oxygens (including phenoxy) is 1. The van der Waals surface area contributed by atoms with Crippen LogP contribution in [-0.4, -0.2) is 40.7 Å². The van der Waals surface area contributed by atoms with E-state index in [1.807, 2.05) is 20.8 Å². The van der Waals surface area contributed by atoms with E-state index in [0.717, 1.165) is 0 Å². The van der Waals surface area contributed by atoms with Gasteiger partial charge in [0, 0.05) is 13.1 Å². The zero-order valence-corrected chi connectivity index (χ0v) is 11.3. The fourth-order valence-corrected chi connectivity index (χ4v) is 1.44. The lowest BCUT2D eigenvalue weighted by molar-refractivity contribution is -0.383. The number of hydrogen-bond donors (Lipinski definition) is 2. The average Bonchev–Trinajstić information content (AvgIpc) is 2.34. The minimum absolute atomic E-state index is 0.125. The summed E-state index contributed by atoms with van der Waals surface area (Å²) in [6.07, 6.45) is 1.41. The SMILES string of the molecule is CCNc1ncnc(NCCOC(C)C)c1[N+](=O)[O-]. The molecular formula is C11H19N5O3. The van der Waals surface area contributed by atoms with Gasteiger partial charge < -0.3 is 15.4 Å². The van der Waals surface area contributed by atoms with Gasteiger partial charge in [-0.05, 0) is 20.8 Å². The van der Waals surface area contributed by atoms with Gasteiger partial charge in [-0.25, -0.2) is 9.97 Å². The predicted molar refractivity (Wildman–Crippen MR) is 72.4 cm³/mol. The molecule has 1 aromatic heterocycles.